The molecule has 10 heavy (non-hydrogen) atoms. The minimum atomic E-state index is -1.32. The molecule has 0 fully saturated rings. The standard InChI is InChI=1S/C8H15OSi/c1-10(2,3)9-8-6-4-5-7-8/h6-7H,4-5H2,1-3H3. The van der Waals surface area contributed by atoms with Crippen molar-refractivity contribution >= 4 is 8.32 Å². The molecular weight excluding hydrogens is 140 g/mol. The Balaban J connectivity index is 2.38. The van der Waals surface area contributed by atoms with Gasteiger partial charge in [-0.05, 0) is 38.6 Å². The minimum absolute atomic E-state index is 1.12. The van der Waals surface area contributed by atoms with E-state index in [9.17, 15) is 0 Å². The Kier molecular flexibility index (Phi) is 2.19. The molecule has 0 amide bonds. The van der Waals surface area contributed by atoms with Gasteiger partial charge in [0.2, 0.25) is 8.32 Å². The van der Waals surface area contributed by atoms with Gasteiger partial charge in [-0.25, -0.2) is 0 Å². The Bertz CT molecular complexity index is 144. The van der Waals surface area contributed by atoms with Gasteiger partial charge in [0.25, 0.3) is 0 Å². The topological polar surface area (TPSA) is 9.23 Å². The van der Waals surface area contributed by atoms with Crippen LogP contribution in [0.3, 0.4) is 0 Å². The van der Waals surface area contributed by atoms with Crippen LogP contribution in [0.25, 0.3) is 0 Å². The Morgan fingerprint density at radius 1 is 1.30 bits per heavy atom. The molecule has 0 saturated carbocycles. The molecule has 0 aromatic carbocycles. The molecule has 57 valence electrons. The molecule has 0 spiro atoms. The molecule has 1 aliphatic rings. The average Bonchev–Trinajstić information content (AvgIpc) is 2.12. The SMILES string of the molecule is C[Si](C)(C)OC1=CCC[CH]1. The van der Waals surface area contributed by atoms with Crippen molar-refractivity contribution in [2.45, 2.75) is 32.5 Å². The van der Waals surface area contributed by atoms with Gasteiger partial charge >= 0.3 is 0 Å². The van der Waals surface area contributed by atoms with Crippen molar-refractivity contribution < 1.29 is 4.43 Å². The summed E-state index contributed by atoms with van der Waals surface area (Å²) in [6.07, 6.45) is 6.69. The van der Waals surface area contributed by atoms with Gasteiger partial charge in [0.15, 0.2) is 0 Å². The molecule has 0 N–H and O–H groups in total. The van der Waals surface area contributed by atoms with Crippen LogP contribution in [-0.2, 0) is 4.43 Å². The molecule has 1 nitrogen and oxygen atoms in total. The van der Waals surface area contributed by atoms with Crippen LogP contribution in [0.1, 0.15) is 12.8 Å². The molecule has 0 aromatic rings. The number of rotatable bonds is 2. The van der Waals surface area contributed by atoms with E-state index >= 15 is 0 Å². The van der Waals surface area contributed by atoms with E-state index in [0.717, 1.165) is 5.76 Å². The van der Waals surface area contributed by atoms with E-state index in [0.29, 0.717) is 0 Å². The normalized spacial score (nSPS) is 18.9. The lowest BCUT2D eigenvalue weighted by molar-refractivity contribution is 0.434. The molecule has 2 heteroatoms. The van der Waals surface area contributed by atoms with Crippen molar-refractivity contribution in [2.24, 2.45) is 0 Å². The quantitative estimate of drug-likeness (QED) is 0.557. The second-order valence-corrected chi connectivity index (χ2v) is 8.03. The molecule has 0 aromatic heterocycles. The first kappa shape index (κ1) is 7.86. The summed E-state index contributed by atoms with van der Waals surface area (Å²) in [5.41, 5.74) is 0. The third kappa shape index (κ3) is 2.56. The highest BCUT2D eigenvalue weighted by atomic mass is 28.4. The lowest BCUT2D eigenvalue weighted by Gasteiger charge is -2.19. The van der Waals surface area contributed by atoms with Crippen LogP contribution in [0.4, 0.5) is 0 Å². The van der Waals surface area contributed by atoms with E-state index in [-0.39, 0.29) is 0 Å². The predicted octanol–water partition coefficient (Wildman–Crippen LogP) is 2.72. The minimum Gasteiger partial charge on any atom is -0.547 e. The van der Waals surface area contributed by atoms with E-state index < -0.39 is 8.32 Å². The van der Waals surface area contributed by atoms with Crippen molar-refractivity contribution in [1.82, 2.24) is 0 Å². The zero-order chi connectivity index (χ0) is 7.61. The van der Waals surface area contributed by atoms with Crippen LogP contribution < -0.4 is 0 Å². The van der Waals surface area contributed by atoms with Crippen molar-refractivity contribution in [1.29, 1.82) is 0 Å². The molecule has 0 saturated heterocycles. The lowest BCUT2D eigenvalue weighted by Crippen LogP contribution is -2.24. The highest BCUT2D eigenvalue weighted by molar-refractivity contribution is 6.70. The second-order valence-electron chi connectivity index (χ2n) is 3.60. The van der Waals surface area contributed by atoms with E-state index in [4.69, 9.17) is 4.43 Å². The maximum absolute atomic E-state index is 5.74. The van der Waals surface area contributed by atoms with Gasteiger partial charge in [-0.2, -0.15) is 0 Å². The van der Waals surface area contributed by atoms with Gasteiger partial charge in [-0.3, -0.25) is 0 Å². The van der Waals surface area contributed by atoms with Crippen LogP contribution in [0, 0.1) is 6.42 Å². The van der Waals surface area contributed by atoms with E-state index in [1.807, 2.05) is 0 Å². The summed E-state index contributed by atoms with van der Waals surface area (Å²) < 4.78 is 5.74. The van der Waals surface area contributed by atoms with Gasteiger partial charge < -0.3 is 4.43 Å². The van der Waals surface area contributed by atoms with Crippen LogP contribution in [0.15, 0.2) is 11.8 Å². The van der Waals surface area contributed by atoms with Crippen molar-refractivity contribution in [2.75, 3.05) is 0 Å². The molecule has 0 aliphatic heterocycles. The molecule has 1 radical (unpaired) electrons. The maximum atomic E-state index is 5.74. The van der Waals surface area contributed by atoms with Crippen molar-refractivity contribution in [3.05, 3.63) is 18.3 Å². The maximum Gasteiger partial charge on any atom is 0.241 e. The summed E-state index contributed by atoms with van der Waals surface area (Å²) in [6.45, 7) is 6.62. The van der Waals surface area contributed by atoms with E-state index in [2.05, 4.69) is 32.1 Å². The zero-order valence-electron chi connectivity index (χ0n) is 6.98. The summed E-state index contributed by atoms with van der Waals surface area (Å²) >= 11 is 0. The first-order chi connectivity index (χ1) is 4.58. The first-order valence-corrected chi connectivity index (χ1v) is 7.21. The van der Waals surface area contributed by atoms with Crippen LogP contribution in [0.5, 0.6) is 0 Å². The van der Waals surface area contributed by atoms with Crippen LogP contribution in [0.2, 0.25) is 19.6 Å². The van der Waals surface area contributed by atoms with Gasteiger partial charge in [-0.1, -0.05) is 0 Å². The lowest BCUT2D eigenvalue weighted by atomic mass is 10.4. The van der Waals surface area contributed by atoms with Gasteiger partial charge in [-0.15, -0.1) is 0 Å². The van der Waals surface area contributed by atoms with Gasteiger partial charge in [0.1, 0.15) is 0 Å². The first-order valence-electron chi connectivity index (χ1n) is 3.80. The van der Waals surface area contributed by atoms with E-state index in [1.54, 1.807) is 0 Å². The third-order valence-corrected chi connectivity index (χ3v) is 2.13. The monoisotopic (exact) mass is 155 g/mol. The van der Waals surface area contributed by atoms with Crippen LogP contribution >= 0.6 is 0 Å². The summed E-state index contributed by atoms with van der Waals surface area (Å²) in [7, 11) is -1.32. The smallest absolute Gasteiger partial charge is 0.241 e. The molecule has 0 atom stereocenters. The Labute approximate surface area is 64.2 Å². The molecule has 1 rings (SSSR count). The molecule has 0 bridgehead atoms. The van der Waals surface area contributed by atoms with Crippen molar-refractivity contribution in [3.63, 3.8) is 0 Å². The van der Waals surface area contributed by atoms with E-state index in [1.165, 1.54) is 12.8 Å². The number of hydrogen-bond donors (Lipinski definition) is 0. The fourth-order valence-corrected chi connectivity index (χ4v) is 1.85. The second kappa shape index (κ2) is 2.78. The largest absolute Gasteiger partial charge is 0.547 e. The number of allylic oxidation sites excluding steroid dienone is 2. The fourth-order valence-electron chi connectivity index (χ4n) is 0.971. The third-order valence-electron chi connectivity index (χ3n) is 1.28. The van der Waals surface area contributed by atoms with Crippen LogP contribution in [-0.4, -0.2) is 8.32 Å². The Morgan fingerprint density at radius 2 is 2.00 bits per heavy atom. The molecule has 0 heterocycles. The predicted molar refractivity (Wildman–Crippen MR) is 46.0 cm³/mol. The van der Waals surface area contributed by atoms with Gasteiger partial charge in [0, 0.05) is 6.42 Å². The molecular formula is C8H15OSi. The fraction of sp³-hybridized carbons (Fsp3) is 0.625. The van der Waals surface area contributed by atoms with Gasteiger partial charge in [0.05, 0.1) is 5.76 Å². The number of hydrogen-bond acceptors (Lipinski definition) is 1. The highest BCUT2D eigenvalue weighted by Crippen LogP contribution is 2.21. The average molecular weight is 155 g/mol. The molecule has 1 aliphatic carbocycles. The Morgan fingerprint density at radius 3 is 2.40 bits per heavy atom. The summed E-state index contributed by atoms with van der Waals surface area (Å²) in [5, 5.41) is 0. The van der Waals surface area contributed by atoms with Crippen molar-refractivity contribution in [3.8, 4) is 0 Å². The Hall–Kier alpha value is -0.243. The summed E-state index contributed by atoms with van der Waals surface area (Å²) in [6, 6.07) is 0. The summed E-state index contributed by atoms with van der Waals surface area (Å²) in [5.74, 6) is 1.12. The highest BCUT2D eigenvalue weighted by Gasteiger charge is 2.18. The molecule has 0 unspecified atom stereocenters. The summed E-state index contributed by atoms with van der Waals surface area (Å²) in [4.78, 5) is 0. The zero-order valence-corrected chi connectivity index (χ0v) is 7.98.